The summed E-state index contributed by atoms with van der Waals surface area (Å²) in [6.07, 6.45) is -9.65. The Hall–Kier alpha value is -3.04. The van der Waals surface area contributed by atoms with Gasteiger partial charge in [-0.15, -0.1) is 0 Å². The van der Waals surface area contributed by atoms with Crippen LogP contribution in [0.1, 0.15) is 18.2 Å². The minimum absolute atomic E-state index is 0.143. The molecule has 3 aromatic heterocycles. The summed E-state index contributed by atoms with van der Waals surface area (Å²) in [5, 5.41) is -0.593. The largest absolute Gasteiger partial charge is 0.460 e. The van der Waals surface area contributed by atoms with Crippen LogP contribution in [0, 0.1) is 0 Å². The maximum Gasteiger partial charge on any atom is 0.460 e. The molecule has 0 unspecified atom stereocenters. The summed E-state index contributed by atoms with van der Waals surface area (Å²) in [7, 11) is -3.13. The number of pyridine rings is 1. The van der Waals surface area contributed by atoms with Crippen molar-refractivity contribution < 1.29 is 47.9 Å². The SMILES string of the molecule is CCS(=O)(=O)c1c(-c2ncc(C=C(F)C(F)(F)C(F)(F)F)n2C)nc2cc(C(F)(F)F)ccn12. The zero-order valence-electron chi connectivity index (χ0n) is 17.0. The molecule has 0 N–H and O–H groups in total. The Labute approximate surface area is 185 Å². The third-order valence-corrected chi connectivity index (χ3v) is 6.49. The molecule has 3 rings (SSSR count). The molecule has 3 heterocycles. The number of sulfone groups is 1. The minimum Gasteiger partial charge on any atom is -0.326 e. The number of alkyl halides is 8. The van der Waals surface area contributed by atoms with E-state index in [4.69, 9.17) is 0 Å². The van der Waals surface area contributed by atoms with E-state index in [1.165, 1.54) is 6.92 Å². The molecule has 0 atom stereocenters. The zero-order chi connectivity index (χ0) is 25.9. The highest BCUT2D eigenvalue weighted by Crippen LogP contribution is 2.42. The number of halogens is 9. The van der Waals surface area contributed by atoms with Crippen molar-refractivity contribution >= 4 is 21.6 Å². The first-order valence-corrected chi connectivity index (χ1v) is 10.7. The van der Waals surface area contributed by atoms with Gasteiger partial charge in [-0.2, -0.15) is 35.1 Å². The maximum atomic E-state index is 13.7. The number of nitrogens with zero attached hydrogens (tertiary/aromatic N) is 4. The van der Waals surface area contributed by atoms with Crippen molar-refractivity contribution in [1.29, 1.82) is 0 Å². The predicted molar refractivity (Wildman–Crippen MR) is 100 cm³/mol. The van der Waals surface area contributed by atoms with E-state index in [2.05, 4.69) is 9.97 Å². The first-order chi connectivity index (χ1) is 15.4. The fourth-order valence-electron chi connectivity index (χ4n) is 2.91. The summed E-state index contributed by atoms with van der Waals surface area (Å²) in [4.78, 5) is 7.59. The van der Waals surface area contributed by atoms with Gasteiger partial charge in [0, 0.05) is 19.3 Å². The van der Waals surface area contributed by atoms with Gasteiger partial charge in [-0.05, 0) is 12.1 Å². The quantitative estimate of drug-likeness (QED) is 0.442. The maximum absolute atomic E-state index is 13.7. The molecule has 0 fully saturated rings. The number of imidazole rings is 2. The van der Waals surface area contributed by atoms with Crippen LogP contribution in [0.5, 0.6) is 0 Å². The van der Waals surface area contributed by atoms with E-state index in [1.54, 1.807) is 0 Å². The molecule has 186 valence electrons. The highest BCUT2D eigenvalue weighted by atomic mass is 32.2. The van der Waals surface area contributed by atoms with Gasteiger partial charge in [0.25, 0.3) is 0 Å². The normalized spacial score (nSPS) is 14.3. The van der Waals surface area contributed by atoms with Crippen LogP contribution < -0.4 is 0 Å². The van der Waals surface area contributed by atoms with E-state index in [-0.39, 0.29) is 6.08 Å². The molecule has 0 aliphatic carbocycles. The van der Waals surface area contributed by atoms with Crippen molar-refractivity contribution in [2.75, 3.05) is 5.75 Å². The van der Waals surface area contributed by atoms with E-state index in [9.17, 15) is 47.9 Å². The Balaban J connectivity index is 2.25. The number of hydrogen-bond donors (Lipinski definition) is 0. The molecule has 0 radical (unpaired) electrons. The van der Waals surface area contributed by atoms with Crippen LogP contribution in [0.2, 0.25) is 0 Å². The van der Waals surface area contributed by atoms with Gasteiger partial charge in [0.1, 0.15) is 11.3 Å². The van der Waals surface area contributed by atoms with Crippen molar-refractivity contribution in [3.63, 3.8) is 0 Å². The van der Waals surface area contributed by atoms with Gasteiger partial charge in [0.05, 0.1) is 23.2 Å². The Morgan fingerprint density at radius 1 is 1.12 bits per heavy atom. The second-order valence-electron chi connectivity index (χ2n) is 6.94. The first-order valence-electron chi connectivity index (χ1n) is 9.08. The lowest BCUT2D eigenvalue weighted by molar-refractivity contribution is -0.269. The third kappa shape index (κ3) is 4.25. The first kappa shape index (κ1) is 25.6. The molecule has 0 amide bonds. The van der Waals surface area contributed by atoms with E-state index < -0.39 is 73.1 Å². The highest BCUT2D eigenvalue weighted by Gasteiger charge is 2.61. The topological polar surface area (TPSA) is 69.3 Å². The lowest BCUT2D eigenvalue weighted by atomic mass is 10.2. The number of fused-ring (bicyclic) bond motifs is 1. The van der Waals surface area contributed by atoms with E-state index in [0.29, 0.717) is 18.3 Å². The molecule has 0 saturated carbocycles. The van der Waals surface area contributed by atoms with E-state index >= 15 is 0 Å². The molecule has 0 aliphatic heterocycles. The summed E-state index contributed by atoms with van der Waals surface area (Å²) in [5.74, 6) is -9.59. The zero-order valence-corrected chi connectivity index (χ0v) is 17.8. The summed E-state index contributed by atoms with van der Waals surface area (Å²) < 4.78 is 144. The predicted octanol–water partition coefficient (Wildman–Crippen LogP) is 5.06. The van der Waals surface area contributed by atoms with Gasteiger partial charge < -0.3 is 4.57 Å². The summed E-state index contributed by atoms with van der Waals surface area (Å²) in [6, 6.07) is 1.17. The molecule has 0 saturated heterocycles. The third-order valence-electron chi connectivity index (χ3n) is 4.75. The van der Waals surface area contributed by atoms with Crippen LogP contribution in [-0.2, 0) is 23.1 Å². The van der Waals surface area contributed by atoms with Crippen LogP contribution in [0.25, 0.3) is 23.2 Å². The van der Waals surface area contributed by atoms with Gasteiger partial charge in [-0.25, -0.2) is 22.8 Å². The van der Waals surface area contributed by atoms with Crippen molar-refractivity contribution in [3.05, 3.63) is 41.6 Å². The summed E-state index contributed by atoms with van der Waals surface area (Å²) in [6.45, 7) is 1.24. The van der Waals surface area contributed by atoms with E-state index in [1.807, 2.05) is 0 Å². The van der Waals surface area contributed by atoms with Crippen LogP contribution in [-0.4, -0.2) is 45.2 Å². The lowest BCUT2D eigenvalue weighted by Gasteiger charge is -2.17. The van der Waals surface area contributed by atoms with Crippen molar-refractivity contribution in [3.8, 4) is 11.5 Å². The monoisotopic (exact) mass is 520 g/mol. The van der Waals surface area contributed by atoms with Crippen molar-refractivity contribution in [2.45, 2.75) is 30.2 Å². The number of rotatable bonds is 5. The molecule has 34 heavy (non-hydrogen) atoms. The second kappa shape index (κ2) is 8.02. The Morgan fingerprint density at radius 2 is 1.74 bits per heavy atom. The van der Waals surface area contributed by atoms with Gasteiger partial charge in [0.2, 0.25) is 0 Å². The fourth-order valence-corrected chi connectivity index (χ4v) is 4.07. The summed E-state index contributed by atoms with van der Waals surface area (Å²) >= 11 is 0. The molecule has 0 bridgehead atoms. The molecular weight excluding hydrogens is 507 g/mol. The smallest absolute Gasteiger partial charge is 0.326 e. The molecule has 0 aliphatic rings. The van der Waals surface area contributed by atoms with Crippen LogP contribution in [0.4, 0.5) is 39.5 Å². The summed E-state index contributed by atoms with van der Waals surface area (Å²) in [5.41, 5.74) is -2.72. The lowest BCUT2D eigenvalue weighted by Crippen LogP contribution is -2.36. The molecular formula is C18H13F9N4O2S. The molecule has 0 spiro atoms. The van der Waals surface area contributed by atoms with Gasteiger partial charge in [-0.1, -0.05) is 6.92 Å². The second-order valence-corrected chi connectivity index (χ2v) is 9.13. The van der Waals surface area contributed by atoms with Crippen LogP contribution >= 0.6 is 0 Å². The van der Waals surface area contributed by atoms with Gasteiger partial charge in [-0.3, -0.25) is 4.40 Å². The standard InChI is InChI=1S/C18H13F9N4O2S/c1-3-34(32,33)15-13(29-12-6-9(17(22,23)24)4-5-31(12)15)14-28-8-10(30(14)2)7-11(19)16(20,21)18(25,26)27/h4-8H,3H2,1-2H3. The van der Waals surface area contributed by atoms with Crippen molar-refractivity contribution in [1.82, 2.24) is 18.9 Å². The number of aromatic nitrogens is 4. The van der Waals surface area contributed by atoms with E-state index in [0.717, 1.165) is 22.2 Å². The number of allylic oxidation sites excluding steroid dienone is 1. The minimum atomic E-state index is -6.21. The Morgan fingerprint density at radius 3 is 2.26 bits per heavy atom. The molecule has 3 aromatic rings. The fraction of sp³-hybridized carbons (Fsp3) is 0.333. The number of hydrogen-bond acceptors (Lipinski definition) is 4. The average molecular weight is 520 g/mol. The molecule has 16 heteroatoms. The van der Waals surface area contributed by atoms with Gasteiger partial charge in [0.15, 0.2) is 26.5 Å². The Kier molecular flexibility index (Phi) is 6.04. The van der Waals surface area contributed by atoms with Gasteiger partial charge >= 0.3 is 18.3 Å². The van der Waals surface area contributed by atoms with Crippen LogP contribution in [0.15, 0.2) is 35.4 Å². The highest BCUT2D eigenvalue weighted by molar-refractivity contribution is 7.91. The average Bonchev–Trinajstić information content (AvgIpc) is 3.26. The van der Waals surface area contributed by atoms with Crippen LogP contribution in [0.3, 0.4) is 0 Å². The molecule has 6 nitrogen and oxygen atoms in total. The molecule has 0 aromatic carbocycles. The Bertz CT molecular complexity index is 1380. The van der Waals surface area contributed by atoms with Crippen molar-refractivity contribution in [2.24, 2.45) is 7.05 Å².